The number of hydrogen-bond acceptors (Lipinski definition) is 2. The number of nitrogens with zero attached hydrogens (tertiary/aromatic N) is 1. The number of urea groups is 1. The number of carbonyl (C=O) groups is 2. The van der Waals surface area contributed by atoms with Crippen LogP contribution in [0.2, 0.25) is 0 Å². The average Bonchev–Trinajstić information content (AvgIpc) is 2.29. The Morgan fingerprint density at radius 2 is 1.94 bits per heavy atom. The topological polar surface area (TPSA) is 49.4 Å². The first kappa shape index (κ1) is 10.7. The van der Waals surface area contributed by atoms with E-state index < -0.39 is 0 Å². The van der Waals surface area contributed by atoms with E-state index in [-0.39, 0.29) is 18.0 Å². The molecule has 1 heterocycles. The van der Waals surface area contributed by atoms with Gasteiger partial charge in [-0.25, -0.2) is 4.79 Å². The summed E-state index contributed by atoms with van der Waals surface area (Å²) in [6.45, 7) is 2.45. The molecule has 3 amide bonds. The van der Waals surface area contributed by atoms with Crippen molar-refractivity contribution in [3.63, 3.8) is 0 Å². The fourth-order valence-electron chi connectivity index (χ4n) is 1.86. The lowest BCUT2D eigenvalue weighted by molar-refractivity contribution is -0.121. The number of nitrogens with one attached hydrogen (secondary N) is 1. The molecule has 4 heteroatoms. The summed E-state index contributed by atoms with van der Waals surface area (Å²) < 4.78 is 0. The Kier molecular flexibility index (Phi) is 2.90. The van der Waals surface area contributed by atoms with E-state index in [0.29, 0.717) is 13.0 Å². The minimum Gasteiger partial charge on any atom is -0.317 e. The highest BCUT2D eigenvalue weighted by molar-refractivity contribution is 5.96. The standard InChI is InChI=1S/C12H14N2O2/c1-9(10-5-3-2-4-6-10)14-8-7-11(15)13-12(14)16/h2-6,9H,7-8H2,1H3,(H,13,15,16)/t9-/m1/s1. The zero-order valence-corrected chi connectivity index (χ0v) is 9.14. The molecule has 1 N–H and O–H groups in total. The van der Waals surface area contributed by atoms with E-state index in [0.717, 1.165) is 5.56 Å². The Morgan fingerprint density at radius 1 is 1.25 bits per heavy atom. The van der Waals surface area contributed by atoms with E-state index in [4.69, 9.17) is 0 Å². The fraction of sp³-hybridized carbons (Fsp3) is 0.333. The van der Waals surface area contributed by atoms with Crippen LogP contribution in [0.3, 0.4) is 0 Å². The summed E-state index contributed by atoms with van der Waals surface area (Å²) in [4.78, 5) is 24.3. The molecule has 2 rings (SSSR count). The Bertz CT molecular complexity index is 403. The molecule has 0 spiro atoms. The molecule has 1 aliphatic heterocycles. The smallest absolute Gasteiger partial charge is 0.317 e. The summed E-state index contributed by atoms with van der Waals surface area (Å²) in [5.41, 5.74) is 1.08. The summed E-state index contributed by atoms with van der Waals surface area (Å²) in [7, 11) is 0. The van der Waals surface area contributed by atoms with Crippen molar-refractivity contribution in [2.45, 2.75) is 19.4 Å². The van der Waals surface area contributed by atoms with Crippen molar-refractivity contribution in [3.8, 4) is 0 Å². The molecule has 16 heavy (non-hydrogen) atoms. The Hall–Kier alpha value is -1.84. The number of hydrogen-bond donors (Lipinski definition) is 1. The van der Waals surface area contributed by atoms with Gasteiger partial charge in [-0.1, -0.05) is 30.3 Å². The SMILES string of the molecule is C[C@H](c1ccccc1)N1CCC(=O)NC1=O. The fourth-order valence-corrected chi connectivity index (χ4v) is 1.86. The van der Waals surface area contributed by atoms with Crippen molar-refractivity contribution in [3.05, 3.63) is 35.9 Å². The molecule has 0 aromatic heterocycles. The zero-order valence-electron chi connectivity index (χ0n) is 9.14. The van der Waals surface area contributed by atoms with Crippen molar-refractivity contribution in [1.29, 1.82) is 0 Å². The van der Waals surface area contributed by atoms with Crippen molar-refractivity contribution < 1.29 is 9.59 Å². The zero-order chi connectivity index (χ0) is 11.5. The lowest BCUT2D eigenvalue weighted by Gasteiger charge is -2.32. The minimum absolute atomic E-state index is 0.00528. The summed E-state index contributed by atoms with van der Waals surface area (Å²) in [6.07, 6.45) is 0.378. The highest BCUT2D eigenvalue weighted by Crippen LogP contribution is 2.21. The molecule has 1 aliphatic rings. The third-order valence-electron chi connectivity index (χ3n) is 2.84. The van der Waals surface area contributed by atoms with E-state index in [1.165, 1.54) is 0 Å². The van der Waals surface area contributed by atoms with Gasteiger partial charge in [0, 0.05) is 13.0 Å². The maximum absolute atomic E-state index is 11.6. The highest BCUT2D eigenvalue weighted by Gasteiger charge is 2.27. The second kappa shape index (κ2) is 4.35. The van der Waals surface area contributed by atoms with Crippen molar-refractivity contribution in [2.24, 2.45) is 0 Å². The van der Waals surface area contributed by atoms with Gasteiger partial charge in [0.25, 0.3) is 0 Å². The molecule has 1 aromatic carbocycles. The summed E-state index contributed by atoms with van der Waals surface area (Å²) in [6, 6.07) is 9.48. The van der Waals surface area contributed by atoms with Crippen LogP contribution in [0.15, 0.2) is 30.3 Å². The Morgan fingerprint density at radius 3 is 2.56 bits per heavy atom. The molecule has 0 radical (unpaired) electrons. The second-order valence-electron chi connectivity index (χ2n) is 3.88. The van der Waals surface area contributed by atoms with Crippen molar-refractivity contribution in [1.82, 2.24) is 10.2 Å². The van der Waals surface area contributed by atoms with Crippen LogP contribution in [-0.4, -0.2) is 23.4 Å². The maximum Gasteiger partial charge on any atom is 0.324 e. The highest BCUT2D eigenvalue weighted by atomic mass is 16.2. The molecule has 1 atom stereocenters. The molecule has 0 bridgehead atoms. The number of imide groups is 1. The van der Waals surface area contributed by atoms with Crippen LogP contribution in [-0.2, 0) is 4.79 Å². The van der Waals surface area contributed by atoms with Gasteiger partial charge in [-0.2, -0.15) is 0 Å². The van der Waals surface area contributed by atoms with Gasteiger partial charge in [-0.15, -0.1) is 0 Å². The molecule has 0 aliphatic carbocycles. The molecule has 84 valence electrons. The van der Waals surface area contributed by atoms with Gasteiger partial charge in [0.05, 0.1) is 6.04 Å². The maximum atomic E-state index is 11.6. The van der Waals surface area contributed by atoms with Crippen molar-refractivity contribution >= 4 is 11.9 Å². The lowest BCUT2D eigenvalue weighted by atomic mass is 10.1. The van der Waals surface area contributed by atoms with Gasteiger partial charge in [0.1, 0.15) is 0 Å². The van der Waals surface area contributed by atoms with Crippen LogP contribution in [0.5, 0.6) is 0 Å². The minimum atomic E-state index is -0.299. The van der Waals surface area contributed by atoms with Gasteiger partial charge in [-0.3, -0.25) is 10.1 Å². The molecule has 1 fully saturated rings. The largest absolute Gasteiger partial charge is 0.324 e. The van der Waals surface area contributed by atoms with Gasteiger partial charge in [0.15, 0.2) is 0 Å². The van der Waals surface area contributed by atoms with Gasteiger partial charge in [-0.05, 0) is 12.5 Å². The van der Waals surface area contributed by atoms with Gasteiger partial charge < -0.3 is 4.90 Å². The average molecular weight is 218 g/mol. The number of rotatable bonds is 2. The molecule has 0 unspecified atom stereocenters. The first-order valence-corrected chi connectivity index (χ1v) is 5.34. The summed E-state index contributed by atoms with van der Waals surface area (Å²) in [5.74, 6) is -0.193. The normalized spacial score (nSPS) is 18.2. The quantitative estimate of drug-likeness (QED) is 0.821. The molecular weight excluding hydrogens is 204 g/mol. The summed E-state index contributed by atoms with van der Waals surface area (Å²) in [5, 5.41) is 2.33. The Labute approximate surface area is 94.2 Å². The molecule has 4 nitrogen and oxygen atoms in total. The van der Waals surface area contributed by atoms with E-state index >= 15 is 0 Å². The van der Waals surface area contributed by atoms with Crippen LogP contribution in [0.1, 0.15) is 24.9 Å². The number of benzene rings is 1. The second-order valence-corrected chi connectivity index (χ2v) is 3.88. The Balaban J connectivity index is 2.13. The molecule has 0 saturated carbocycles. The first-order chi connectivity index (χ1) is 7.68. The van der Waals surface area contributed by atoms with Gasteiger partial charge in [0.2, 0.25) is 5.91 Å². The molecule has 1 saturated heterocycles. The number of amides is 3. The van der Waals surface area contributed by atoms with Crippen LogP contribution >= 0.6 is 0 Å². The van der Waals surface area contributed by atoms with Crippen LogP contribution in [0.4, 0.5) is 4.79 Å². The van der Waals surface area contributed by atoms with Crippen LogP contribution < -0.4 is 5.32 Å². The van der Waals surface area contributed by atoms with Gasteiger partial charge >= 0.3 is 6.03 Å². The summed E-state index contributed by atoms with van der Waals surface area (Å²) >= 11 is 0. The third-order valence-corrected chi connectivity index (χ3v) is 2.84. The first-order valence-electron chi connectivity index (χ1n) is 5.34. The van der Waals surface area contributed by atoms with Crippen LogP contribution in [0.25, 0.3) is 0 Å². The predicted octanol–water partition coefficient (Wildman–Crippen LogP) is 1.69. The predicted molar refractivity (Wildman–Crippen MR) is 59.7 cm³/mol. The number of carbonyl (C=O) groups excluding carboxylic acids is 2. The third kappa shape index (κ3) is 2.05. The molecule has 1 aromatic rings. The molecular formula is C12H14N2O2. The monoisotopic (exact) mass is 218 g/mol. The van der Waals surface area contributed by atoms with E-state index in [1.54, 1.807) is 4.90 Å². The van der Waals surface area contributed by atoms with Crippen LogP contribution in [0, 0.1) is 0 Å². The van der Waals surface area contributed by atoms with E-state index in [2.05, 4.69) is 5.32 Å². The van der Waals surface area contributed by atoms with E-state index in [9.17, 15) is 9.59 Å². The van der Waals surface area contributed by atoms with Crippen molar-refractivity contribution in [2.75, 3.05) is 6.54 Å². The van der Waals surface area contributed by atoms with E-state index in [1.807, 2.05) is 37.3 Å². The lowest BCUT2D eigenvalue weighted by Crippen LogP contribution is -2.50.